The van der Waals surface area contributed by atoms with Gasteiger partial charge in [-0.15, -0.1) is 0 Å². The number of hydrogen-bond donors (Lipinski definition) is 0. The van der Waals surface area contributed by atoms with Gasteiger partial charge in [-0.2, -0.15) is 0 Å². The van der Waals surface area contributed by atoms with Crippen molar-refractivity contribution >= 4 is 72.4 Å². The number of rotatable bonds is 8. The summed E-state index contributed by atoms with van der Waals surface area (Å²) in [6.45, 7) is 0. The van der Waals surface area contributed by atoms with Crippen LogP contribution in [-0.2, 0) is 0 Å². The Balaban J connectivity index is 1.16. The zero-order valence-electron chi connectivity index (χ0n) is 34.6. The van der Waals surface area contributed by atoms with Crippen LogP contribution < -0.4 is 20.7 Å². The Bertz CT molecular complexity index is 3480. The first-order chi connectivity index (χ1) is 31.3. The topological polar surface area (TPSA) is 9.86 Å². The van der Waals surface area contributed by atoms with Gasteiger partial charge in [0, 0.05) is 32.9 Å². The maximum Gasteiger partial charge on any atom is 0.180 e. The van der Waals surface area contributed by atoms with Crippen molar-refractivity contribution < 1.29 is 0 Å². The zero-order valence-corrected chi connectivity index (χ0v) is 35.6. The number of nitrogens with zero attached hydrogens (tertiary/aromatic N) is 2. The lowest BCUT2D eigenvalue weighted by molar-refractivity contribution is 1.15. The minimum Gasteiger partial charge on any atom is -0.309 e. The van der Waals surface area contributed by atoms with Crippen molar-refractivity contribution in [1.82, 2.24) is 9.13 Å². The molecule has 0 bridgehead atoms. The Morgan fingerprint density at radius 2 is 0.698 bits per heavy atom. The molecule has 296 valence electrons. The molecule has 0 radical (unpaired) electrons. The van der Waals surface area contributed by atoms with Gasteiger partial charge < -0.3 is 9.13 Å². The highest BCUT2D eigenvalue weighted by atomic mass is 28.3. The summed E-state index contributed by atoms with van der Waals surface area (Å²) in [5.74, 6) is 0. The minimum atomic E-state index is -2.94. The van der Waals surface area contributed by atoms with E-state index in [9.17, 15) is 0 Å². The smallest absolute Gasteiger partial charge is 0.180 e. The maximum atomic E-state index is 2.50. The molecule has 0 atom stereocenters. The first kappa shape index (κ1) is 36.8. The Labute approximate surface area is 368 Å². The first-order valence-corrected chi connectivity index (χ1v) is 23.8. The van der Waals surface area contributed by atoms with E-state index in [4.69, 9.17) is 0 Å². The van der Waals surface area contributed by atoms with Crippen molar-refractivity contribution in [3.05, 3.63) is 255 Å². The lowest BCUT2D eigenvalue weighted by atomic mass is 9.99. The molecule has 2 aromatic heterocycles. The normalized spacial score (nSPS) is 11.8. The zero-order chi connectivity index (χ0) is 41.7. The molecule has 3 heteroatoms. The minimum absolute atomic E-state index is 1.13. The molecule has 0 saturated heterocycles. The molecule has 0 aliphatic heterocycles. The van der Waals surface area contributed by atoms with Crippen LogP contribution in [-0.4, -0.2) is 17.2 Å². The van der Waals surface area contributed by atoms with E-state index in [2.05, 4.69) is 264 Å². The summed E-state index contributed by atoms with van der Waals surface area (Å²) in [6, 6.07) is 94.3. The fourth-order valence-corrected chi connectivity index (χ4v) is 15.4. The third-order valence-electron chi connectivity index (χ3n) is 13.1. The molecule has 0 amide bonds. The van der Waals surface area contributed by atoms with E-state index in [1.807, 2.05) is 0 Å². The van der Waals surface area contributed by atoms with E-state index in [1.54, 1.807) is 0 Å². The summed E-state index contributed by atoms with van der Waals surface area (Å²) in [5, 5.41) is 10.4. The molecule has 10 aromatic carbocycles. The highest BCUT2D eigenvalue weighted by molar-refractivity contribution is 7.20. The number of para-hydroxylation sites is 2. The monoisotopic (exact) mass is 818 g/mol. The van der Waals surface area contributed by atoms with Gasteiger partial charge in [0.2, 0.25) is 0 Å². The molecular formula is C60H42N2Si. The average molecular weight is 819 g/mol. The molecule has 12 rings (SSSR count). The van der Waals surface area contributed by atoms with Gasteiger partial charge in [-0.1, -0.05) is 212 Å². The Kier molecular flexibility index (Phi) is 8.87. The summed E-state index contributed by atoms with van der Waals surface area (Å²) in [7, 11) is -2.94. The van der Waals surface area contributed by atoms with Crippen LogP contribution in [0.4, 0.5) is 0 Å². The van der Waals surface area contributed by atoms with Gasteiger partial charge in [0.1, 0.15) is 0 Å². The molecular weight excluding hydrogens is 777 g/mol. The summed E-state index contributed by atoms with van der Waals surface area (Å²) in [5.41, 5.74) is 11.9. The third-order valence-corrected chi connectivity index (χ3v) is 17.9. The summed E-state index contributed by atoms with van der Waals surface area (Å²) in [4.78, 5) is 0. The second-order valence-electron chi connectivity index (χ2n) is 16.4. The van der Waals surface area contributed by atoms with E-state index in [0.29, 0.717) is 0 Å². The second kappa shape index (κ2) is 15.2. The van der Waals surface area contributed by atoms with E-state index < -0.39 is 8.07 Å². The Morgan fingerprint density at radius 3 is 1.29 bits per heavy atom. The number of fused-ring (bicyclic) bond motifs is 6. The van der Waals surface area contributed by atoms with Gasteiger partial charge in [-0.3, -0.25) is 0 Å². The van der Waals surface area contributed by atoms with Crippen molar-refractivity contribution in [3.63, 3.8) is 0 Å². The maximum absolute atomic E-state index is 2.94. The summed E-state index contributed by atoms with van der Waals surface area (Å²) < 4.78 is 4.93. The molecule has 63 heavy (non-hydrogen) atoms. The number of aromatic nitrogens is 2. The van der Waals surface area contributed by atoms with Gasteiger partial charge in [0.25, 0.3) is 0 Å². The van der Waals surface area contributed by atoms with Crippen LogP contribution in [0.3, 0.4) is 0 Å². The average Bonchev–Trinajstić information content (AvgIpc) is 3.88. The molecule has 0 N–H and O–H groups in total. The van der Waals surface area contributed by atoms with Crippen LogP contribution in [0.1, 0.15) is 0 Å². The molecule has 0 fully saturated rings. The van der Waals surface area contributed by atoms with Crippen LogP contribution >= 0.6 is 0 Å². The SMILES string of the molecule is c1ccc(-c2ccc(-n3c4ccccc4c4ccc(-n5c6ccccc6c6c(-c7ccccc7)c([Si](c7ccccc7)(c7ccccc7)c7ccccc7)ccc65)cc43)cc2)cc1. The molecule has 12 aromatic rings. The predicted octanol–water partition coefficient (Wildman–Crippen LogP) is 12.6. The fraction of sp³-hybridized carbons (Fsp3) is 0. The third kappa shape index (κ3) is 5.85. The molecule has 0 unspecified atom stereocenters. The molecule has 0 aliphatic rings. The van der Waals surface area contributed by atoms with Crippen LogP contribution in [0.5, 0.6) is 0 Å². The van der Waals surface area contributed by atoms with Crippen molar-refractivity contribution in [2.24, 2.45) is 0 Å². The molecule has 0 spiro atoms. The van der Waals surface area contributed by atoms with Crippen LogP contribution in [0.15, 0.2) is 255 Å². The van der Waals surface area contributed by atoms with E-state index in [0.717, 1.165) is 11.4 Å². The number of hydrogen-bond acceptors (Lipinski definition) is 0. The predicted molar refractivity (Wildman–Crippen MR) is 270 cm³/mol. The van der Waals surface area contributed by atoms with Crippen molar-refractivity contribution in [2.45, 2.75) is 0 Å². The van der Waals surface area contributed by atoms with E-state index in [-0.39, 0.29) is 0 Å². The fourth-order valence-electron chi connectivity index (χ4n) is 10.4. The molecule has 0 saturated carbocycles. The largest absolute Gasteiger partial charge is 0.309 e. The lowest BCUT2D eigenvalue weighted by Gasteiger charge is -2.36. The van der Waals surface area contributed by atoms with Crippen molar-refractivity contribution in [3.8, 4) is 33.6 Å². The van der Waals surface area contributed by atoms with Gasteiger partial charge >= 0.3 is 0 Å². The van der Waals surface area contributed by atoms with E-state index in [1.165, 1.54) is 86.6 Å². The number of benzene rings is 10. The molecule has 0 aliphatic carbocycles. The summed E-state index contributed by atoms with van der Waals surface area (Å²) >= 11 is 0. The van der Waals surface area contributed by atoms with Crippen LogP contribution in [0.25, 0.3) is 77.2 Å². The van der Waals surface area contributed by atoms with Gasteiger partial charge in [-0.05, 0) is 85.5 Å². The first-order valence-electron chi connectivity index (χ1n) is 21.8. The van der Waals surface area contributed by atoms with Crippen LogP contribution in [0, 0.1) is 0 Å². The highest BCUT2D eigenvalue weighted by Crippen LogP contribution is 2.41. The van der Waals surface area contributed by atoms with Crippen molar-refractivity contribution in [1.29, 1.82) is 0 Å². The van der Waals surface area contributed by atoms with Gasteiger partial charge in [0.05, 0.1) is 22.1 Å². The Morgan fingerprint density at radius 1 is 0.270 bits per heavy atom. The van der Waals surface area contributed by atoms with Crippen molar-refractivity contribution in [2.75, 3.05) is 0 Å². The van der Waals surface area contributed by atoms with Crippen LogP contribution in [0.2, 0.25) is 0 Å². The Hall–Kier alpha value is -7.98. The molecule has 2 nitrogen and oxygen atoms in total. The standard InChI is InChI=1S/C60H42N2Si/c1-6-20-43(21-7-1)44-34-36-46(37-35-44)61-54-32-18-16-30-51(54)52-39-38-47(42-57(52)61)62-55-33-19-17-31-53(55)60-56(62)40-41-58(59(60)45-22-8-2-9-23-45)63(48-24-10-3-11-25-48,49-26-12-4-13-27-49)50-28-14-5-15-29-50/h1-42H. The summed E-state index contributed by atoms with van der Waals surface area (Å²) in [6.07, 6.45) is 0. The van der Waals surface area contributed by atoms with E-state index >= 15 is 0 Å². The van der Waals surface area contributed by atoms with Gasteiger partial charge in [0.15, 0.2) is 8.07 Å². The van der Waals surface area contributed by atoms with Gasteiger partial charge in [-0.25, -0.2) is 0 Å². The lowest BCUT2D eigenvalue weighted by Crippen LogP contribution is -2.75. The quantitative estimate of drug-likeness (QED) is 0.107. The highest BCUT2D eigenvalue weighted by Gasteiger charge is 2.43. The second-order valence-corrected chi connectivity index (χ2v) is 20.2. The molecule has 2 heterocycles.